The standard InChI is InChI=1S/C30H59NO11/c1-5-8-14-30(7-3,42-28-26(37)23(34)21(19(17-32)41-28)29(4,38)13-6-2)22-20(18-33)40-27(25(36)24(22)35)39-16-12-10-9-11-15-31/h19-28,32-38H,5-18,31H2,1-4H3. The third-order valence-corrected chi connectivity index (χ3v) is 9.14. The Morgan fingerprint density at radius 1 is 0.714 bits per heavy atom. The highest BCUT2D eigenvalue weighted by atomic mass is 16.7. The molecule has 9 N–H and O–H groups in total. The van der Waals surface area contributed by atoms with E-state index in [0.717, 1.165) is 32.1 Å². The Labute approximate surface area is 251 Å². The molecule has 2 heterocycles. The second-order valence-corrected chi connectivity index (χ2v) is 12.3. The number of ether oxygens (including phenoxy) is 4. The van der Waals surface area contributed by atoms with Crippen LogP contribution in [0.1, 0.15) is 91.9 Å². The lowest BCUT2D eigenvalue weighted by Crippen LogP contribution is -2.67. The van der Waals surface area contributed by atoms with Crippen LogP contribution in [0.25, 0.3) is 0 Å². The molecule has 12 unspecified atom stereocenters. The molecule has 0 saturated carbocycles. The number of nitrogens with two attached hydrogens (primary N) is 1. The van der Waals surface area contributed by atoms with E-state index < -0.39 is 85.5 Å². The first-order chi connectivity index (χ1) is 20.0. The van der Waals surface area contributed by atoms with Gasteiger partial charge in [-0.15, -0.1) is 0 Å². The van der Waals surface area contributed by atoms with Crippen molar-refractivity contribution in [1.29, 1.82) is 0 Å². The summed E-state index contributed by atoms with van der Waals surface area (Å²) in [5.41, 5.74) is 2.85. The number of unbranched alkanes of at least 4 members (excludes halogenated alkanes) is 4. The van der Waals surface area contributed by atoms with Gasteiger partial charge in [0.25, 0.3) is 0 Å². The molecule has 0 aliphatic carbocycles. The molecular weight excluding hydrogens is 550 g/mol. The van der Waals surface area contributed by atoms with E-state index in [0.29, 0.717) is 38.8 Å². The largest absolute Gasteiger partial charge is 0.394 e. The molecule has 2 fully saturated rings. The zero-order valence-electron chi connectivity index (χ0n) is 26.0. The molecule has 12 nitrogen and oxygen atoms in total. The van der Waals surface area contributed by atoms with Crippen LogP contribution in [0.3, 0.4) is 0 Å². The molecule has 0 aromatic heterocycles. The minimum Gasteiger partial charge on any atom is -0.394 e. The van der Waals surface area contributed by atoms with Gasteiger partial charge in [-0.05, 0) is 45.6 Å². The van der Waals surface area contributed by atoms with Crippen molar-refractivity contribution in [2.24, 2.45) is 17.6 Å². The Bertz CT molecular complexity index is 742. The maximum atomic E-state index is 11.5. The van der Waals surface area contributed by atoms with Crippen LogP contribution >= 0.6 is 0 Å². The van der Waals surface area contributed by atoms with Crippen LogP contribution in [0.4, 0.5) is 0 Å². The van der Waals surface area contributed by atoms with Crippen LogP contribution < -0.4 is 5.73 Å². The summed E-state index contributed by atoms with van der Waals surface area (Å²) >= 11 is 0. The second kappa shape index (κ2) is 17.9. The van der Waals surface area contributed by atoms with Gasteiger partial charge in [-0.1, -0.05) is 52.9 Å². The van der Waals surface area contributed by atoms with Crippen LogP contribution in [0.15, 0.2) is 0 Å². The van der Waals surface area contributed by atoms with Gasteiger partial charge >= 0.3 is 0 Å². The second-order valence-electron chi connectivity index (χ2n) is 12.3. The van der Waals surface area contributed by atoms with Gasteiger partial charge in [-0.25, -0.2) is 0 Å². The average Bonchev–Trinajstić information content (AvgIpc) is 2.96. The third kappa shape index (κ3) is 9.04. The van der Waals surface area contributed by atoms with E-state index >= 15 is 0 Å². The van der Waals surface area contributed by atoms with Crippen LogP contribution in [0.2, 0.25) is 0 Å². The molecule has 12 heteroatoms. The summed E-state index contributed by atoms with van der Waals surface area (Å²) in [5, 5.41) is 76.4. The molecule has 0 aromatic carbocycles. The van der Waals surface area contributed by atoms with E-state index in [1.165, 1.54) is 0 Å². The highest BCUT2D eigenvalue weighted by Crippen LogP contribution is 2.45. The molecule has 42 heavy (non-hydrogen) atoms. The number of hydrogen-bond donors (Lipinski definition) is 8. The summed E-state index contributed by atoms with van der Waals surface area (Å²) in [6.07, 6.45) is -3.96. The van der Waals surface area contributed by atoms with E-state index in [1.54, 1.807) is 6.92 Å². The molecule has 12 atom stereocenters. The molecule has 0 bridgehead atoms. The fraction of sp³-hybridized carbons (Fsp3) is 1.00. The Balaban J connectivity index is 2.31. The molecule has 0 radical (unpaired) electrons. The molecular formula is C30H59NO11. The molecule has 2 aliphatic heterocycles. The van der Waals surface area contributed by atoms with Gasteiger partial charge in [0.05, 0.1) is 48.8 Å². The van der Waals surface area contributed by atoms with Gasteiger partial charge in [0.2, 0.25) is 0 Å². The predicted octanol–water partition coefficient (Wildman–Crippen LogP) is 0.539. The molecule has 250 valence electrons. The molecule has 2 aliphatic rings. The summed E-state index contributed by atoms with van der Waals surface area (Å²) in [6.45, 7) is 7.16. The maximum absolute atomic E-state index is 11.5. The number of hydrogen-bond acceptors (Lipinski definition) is 12. The van der Waals surface area contributed by atoms with E-state index in [-0.39, 0.29) is 6.42 Å². The Morgan fingerprint density at radius 2 is 1.29 bits per heavy atom. The number of aliphatic hydroxyl groups excluding tert-OH is 6. The quantitative estimate of drug-likeness (QED) is 0.0945. The lowest BCUT2D eigenvalue weighted by molar-refractivity contribution is -0.365. The van der Waals surface area contributed by atoms with Crippen molar-refractivity contribution in [1.82, 2.24) is 0 Å². The Hall–Kier alpha value is -0.480. The monoisotopic (exact) mass is 609 g/mol. The zero-order chi connectivity index (χ0) is 31.5. The summed E-state index contributed by atoms with van der Waals surface area (Å²) < 4.78 is 24.3. The minimum atomic E-state index is -1.58. The Morgan fingerprint density at radius 3 is 1.86 bits per heavy atom. The van der Waals surface area contributed by atoms with Crippen molar-refractivity contribution in [3.05, 3.63) is 0 Å². The van der Waals surface area contributed by atoms with Gasteiger partial charge in [0.15, 0.2) is 12.6 Å². The first-order valence-electron chi connectivity index (χ1n) is 15.9. The smallest absolute Gasteiger partial charge is 0.187 e. The van der Waals surface area contributed by atoms with Crippen molar-refractivity contribution in [2.45, 2.75) is 152 Å². The third-order valence-electron chi connectivity index (χ3n) is 9.14. The normalized spacial score (nSPS) is 36.9. The minimum absolute atomic E-state index is 0.289. The van der Waals surface area contributed by atoms with Gasteiger partial charge in [0, 0.05) is 18.4 Å². The van der Waals surface area contributed by atoms with Crippen LogP contribution in [0, 0.1) is 11.8 Å². The zero-order valence-corrected chi connectivity index (χ0v) is 26.0. The highest BCUT2D eigenvalue weighted by Gasteiger charge is 2.58. The van der Waals surface area contributed by atoms with Gasteiger partial charge in [0.1, 0.15) is 12.2 Å². The predicted molar refractivity (Wildman–Crippen MR) is 155 cm³/mol. The van der Waals surface area contributed by atoms with Gasteiger partial charge < -0.3 is 60.4 Å². The summed E-state index contributed by atoms with van der Waals surface area (Å²) in [7, 11) is 0. The number of rotatable bonds is 19. The SMILES string of the molecule is CCCCC(CC)(OC1OC(CO)C(C(C)(O)CCC)C(O)C1O)C1C(CO)OC(OCCCCCCN)C(O)C1O. The fourth-order valence-corrected chi connectivity index (χ4v) is 6.81. The van der Waals surface area contributed by atoms with Crippen molar-refractivity contribution in [2.75, 3.05) is 26.4 Å². The van der Waals surface area contributed by atoms with Crippen LogP contribution in [-0.4, -0.2) is 123 Å². The molecule has 2 saturated heterocycles. The first kappa shape index (κ1) is 37.7. The number of aliphatic hydroxyl groups is 7. The molecule has 0 spiro atoms. The van der Waals surface area contributed by atoms with Crippen molar-refractivity contribution < 1.29 is 54.7 Å². The van der Waals surface area contributed by atoms with E-state index in [9.17, 15) is 35.7 Å². The van der Waals surface area contributed by atoms with E-state index in [1.807, 2.05) is 20.8 Å². The van der Waals surface area contributed by atoms with Crippen molar-refractivity contribution in [3.8, 4) is 0 Å². The Kier molecular flexibility index (Phi) is 16.0. The lowest BCUT2D eigenvalue weighted by atomic mass is 9.71. The first-order valence-corrected chi connectivity index (χ1v) is 15.9. The van der Waals surface area contributed by atoms with E-state index in [4.69, 9.17) is 24.7 Å². The van der Waals surface area contributed by atoms with Gasteiger partial charge in [-0.2, -0.15) is 0 Å². The van der Waals surface area contributed by atoms with Crippen molar-refractivity contribution >= 4 is 0 Å². The van der Waals surface area contributed by atoms with Gasteiger partial charge in [-0.3, -0.25) is 0 Å². The molecule has 2 rings (SSSR count). The average molecular weight is 610 g/mol. The highest BCUT2D eigenvalue weighted by molar-refractivity contribution is 5.03. The summed E-state index contributed by atoms with van der Waals surface area (Å²) in [6, 6.07) is 0. The van der Waals surface area contributed by atoms with Crippen molar-refractivity contribution in [3.63, 3.8) is 0 Å². The summed E-state index contributed by atoms with van der Waals surface area (Å²) in [5.74, 6) is -1.92. The summed E-state index contributed by atoms with van der Waals surface area (Å²) in [4.78, 5) is 0. The molecule has 0 amide bonds. The topological polar surface area (TPSA) is 205 Å². The maximum Gasteiger partial charge on any atom is 0.187 e. The molecule has 0 aromatic rings. The fourth-order valence-electron chi connectivity index (χ4n) is 6.81. The lowest BCUT2D eigenvalue weighted by Gasteiger charge is -2.54. The van der Waals surface area contributed by atoms with Crippen LogP contribution in [0.5, 0.6) is 0 Å². The van der Waals surface area contributed by atoms with Crippen LogP contribution in [-0.2, 0) is 18.9 Å². The van der Waals surface area contributed by atoms with E-state index in [2.05, 4.69) is 0 Å².